The number of hydrogen-bond donors (Lipinski definition) is 2. The van der Waals surface area contributed by atoms with Gasteiger partial charge in [-0.05, 0) is 37.9 Å². The number of amides is 1. The summed E-state index contributed by atoms with van der Waals surface area (Å²) in [6.45, 7) is 3.28. The van der Waals surface area contributed by atoms with E-state index in [2.05, 4.69) is 10.6 Å². The minimum Gasteiger partial charge on any atom is -0.350 e. The van der Waals surface area contributed by atoms with Gasteiger partial charge in [0.15, 0.2) is 0 Å². The summed E-state index contributed by atoms with van der Waals surface area (Å²) in [5.74, 6) is -0.260. The van der Waals surface area contributed by atoms with Crippen LogP contribution in [0.3, 0.4) is 0 Å². The van der Waals surface area contributed by atoms with Gasteiger partial charge in [0.1, 0.15) is 0 Å². The number of carbonyl (C=O) groups is 1. The topological polar surface area (TPSA) is 84.3 Å². The van der Waals surface area contributed by atoms with Gasteiger partial charge in [-0.25, -0.2) is 0 Å². The minimum atomic E-state index is -0.480. The first-order chi connectivity index (χ1) is 9.56. The molecular formula is C14H19N3O3. The number of hydrogen-bond acceptors (Lipinski definition) is 4. The maximum absolute atomic E-state index is 12.1. The van der Waals surface area contributed by atoms with Gasteiger partial charge in [-0.2, -0.15) is 0 Å². The number of carbonyl (C=O) groups excluding carboxylic acids is 1. The van der Waals surface area contributed by atoms with Crippen molar-refractivity contribution in [3.8, 4) is 0 Å². The van der Waals surface area contributed by atoms with Crippen LogP contribution in [0.1, 0.15) is 35.2 Å². The van der Waals surface area contributed by atoms with Crippen molar-refractivity contribution < 1.29 is 9.72 Å². The first-order valence-electron chi connectivity index (χ1n) is 6.84. The molecule has 1 unspecified atom stereocenters. The number of nitrogens with one attached hydrogen (secondary N) is 2. The molecule has 1 aliphatic heterocycles. The van der Waals surface area contributed by atoms with Crippen LogP contribution in [0.2, 0.25) is 0 Å². The third kappa shape index (κ3) is 3.77. The fraction of sp³-hybridized carbons (Fsp3) is 0.500. The van der Waals surface area contributed by atoms with Crippen LogP contribution < -0.4 is 10.6 Å². The average molecular weight is 277 g/mol. The molecule has 0 spiro atoms. The molecule has 0 aliphatic carbocycles. The van der Waals surface area contributed by atoms with Crippen LogP contribution in [0.5, 0.6) is 0 Å². The van der Waals surface area contributed by atoms with Crippen LogP contribution in [0.15, 0.2) is 18.2 Å². The smallest absolute Gasteiger partial charge is 0.270 e. The van der Waals surface area contributed by atoms with Gasteiger partial charge in [0.05, 0.1) is 4.92 Å². The normalized spacial score (nSPS) is 18.6. The molecule has 0 bridgehead atoms. The number of nitro groups is 1. The van der Waals surface area contributed by atoms with E-state index in [-0.39, 0.29) is 11.6 Å². The number of nitrogens with zero attached hydrogens (tertiary/aromatic N) is 1. The SMILES string of the molecule is Cc1cc(C(=O)NCC2CCCCN2)cc([N+](=O)[O-])c1. The molecule has 2 rings (SSSR count). The minimum absolute atomic E-state index is 0.0501. The van der Waals surface area contributed by atoms with Gasteiger partial charge in [-0.15, -0.1) is 0 Å². The lowest BCUT2D eigenvalue weighted by Gasteiger charge is -2.23. The Kier molecular flexibility index (Phi) is 4.68. The predicted octanol–water partition coefficient (Wildman–Crippen LogP) is 1.78. The molecule has 6 heteroatoms. The molecule has 1 aromatic rings. The second-order valence-corrected chi connectivity index (χ2v) is 5.17. The van der Waals surface area contributed by atoms with Gasteiger partial charge in [0.2, 0.25) is 0 Å². The summed E-state index contributed by atoms with van der Waals surface area (Å²) in [5.41, 5.74) is 0.999. The van der Waals surface area contributed by atoms with Gasteiger partial charge >= 0.3 is 0 Å². The molecule has 108 valence electrons. The van der Waals surface area contributed by atoms with E-state index in [1.807, 2.05) is 0 Å². The summed E-state index contributed by atoms with van der Waals surface area (Å²) in [7, 11) is 0. The molecule has 1 heterocycles. The van der Waals surface area contributed by atoms with Crippen molar-refractivity contribution in [2.75, 3.05) is 13.1 Å². The quantitative estimate of drug-likeness (QED) is 0.649. The molecule has 1 amide bonds. The van der Waals surface area contributed by atoms with Gasteiger partial charge < -0.3 is 10.6 Å². The van der Waals surface area contributed by atoms with E-state index in [0.717, 1.165) is 13.0 Å². The zero-order chi connectivity index (χ0) is 14.5. The number of non-ortho nitro benzene ring substituents is 1. The lowest BCUT2D eigenvalue weighted by molar-refractivity contribution is -0.384. The van der Waals surface area contributed by atoms with Crippen LogP contribution in [-0.2, 0) is 0 Å². The van der Waals surface area contributed by atoms with E-state index in [4.69, 9.17) is 0 Å². The molecular weight excluding hydrogens is 258 g/mol. The lowest BCUT2D eigenvalue weighted by atomic mass is 10.0. The van der Waals surface area contributed by atoms with Crippen molar-refractivity contribution in [3.05, 3.63) is 39.4 Å². The Morgan fingerprint density at radius 3 is 2.90 bits per heavy atom. The Balaban J connectivity index is 1.99. The number of rotatable bonds is 4. The van der Waals surface area contributed by atoms with Crippen molar-refractivity contribution in [3.63, 3.8) is 0 Å². The summed E-state index contributed by atoms with van der Waals surface area (Å²) in [5, 5.41) is 17.0. The van der Waals surface area contributed by atoms with Crippen LogP contribution in [0.4, 0.5) is 5.69 Å². The number of aryl methyl sites for hydroxylation is 1. The van der Waals surface area contributed by atoms with Crippen molar-refractivity contribution >= 4 is 11.6 Å². The first kappa shape index (κ1) is 14.5. The van der Waals surface area contributed by atoms with Gasteiger partial charge in [0.25, 0.3) is 11.6 Å². The number of piperidine rings is 1. The van der Waals surface area contributed by atoms with Crippen LogP contribution in [0.25, 0.3) is 0 Å². The Morgan fingerprint density at radius 1 is 1.45 bits per heavy atom. The monoisotopic (exact) mass is 277 g/mol. The standard InChI is InChI=1S/C14H19N3O3/c1-10-6-11(8-13(7-10)17(19)20)14(18)16-9-12-4-2-3-5-15-12/h6-8,12,15H,2-5,9H2,1H3,(H,16,18). The number of nitro benzene ring substituents is 1. The van der Waals surface area contributed by atoms with E-state index >= 15 is 0 Å². The molecule has 0 aromatic heterocycles. The largest absolute Gasteiger partial charge is 0.350 e. The number of benzene rings is 1. The van der Waals surface area contributed by atoms with Crippen LogP contribution >= 0.6 is 0 Å². The summed E-state index contributed by atoms with van der Waals surface area (Å²) in [6, 6.07) is 4.74. The Morgan fingerprint density at radius 2 is 2.25 bits per heavy atom. The zero-order valence-corrected chi connectivity index (χ0v) is 11.5. The van der Waals surface area contributed by atoms with Gasteiger partial charge in [-0.1, -0.05) is 6.42 Å². The highest BCUT2D eigenvalue weighted by Crippen LogP contribution is 2.16. The predicted molar refractivity (Wildman–Crippen MR) is 75.8 cm³/mol. The molecule has 6 nitrogen and oxygen atoms in total. The molecule has 2 N–H and O–H groups in total. The lowest BCUT2D eigenvalue weighted by Crippen LogP contribution is -2.43. The molecule has 1 aromatic carbocycles. The van der Waals surface area contributed by atoms with Crippen molar-refractivity contribution in [2.45, 2.75) is 32.2 Å². The third-order valence-electron chi connectivity index (χ3n) is 3.46. The zero-order valence-electron chi connectivity index (χ0n) is 11.5. The highest BCUT2D eigenvalue weighted by Gasteiger charge is 2.16. The van der Waals surface area contributed by atoms with Crippen molar-refractivity contribution in [1.29, 1.82) is 0 Å². The first-order valence-corrected chi connectivity index (χ1v) is 6.84. The average Bonchev–Trinajstić information content (AvgIpc) is 2.45. The summed E-state index contributed by atoms with van der Waals surface area (Å²) < 4.78 is 0. The molecule has 1 aliphatic rings. The van der Waals surface area contributed by atoms with E-state index < -0.39 is 4.92 Å². The Bertz CT molecular complexity index is 510. The van der Waals surface area contributed by atoms with E-state index in [1.165, 1.54) is 25.0 Å². The molecule has 0 saturated carbocycles. The highest BCUT2D eigenvalue weighted by atomic mass is 16.6. The second kappa shape index (κ2) is 6.47. The molecule has 20 heavy (non-hydrogen) atoms. The van der Waals surface area contributed by atoms with E-state index in [9.17, 15) is 14.9 Å². The summed E-state index contributed by atoms with van der Waals surface area (Å²) >= 11 is 0. The fourth-order valence-electron chi connectivity index (χ4n) is 2.42. The Hall–Kier alpha value is -1.95. The van der Waals surface area contributed by atoms with Crippen molar-refractivity contribution in [2.24, 2.45) is 0 Å². The van der Waals surface area contributed by atoms with Crippen LogP contribution in [-0.4, -0.2) is 30.0 Å². The van der Waals surface area contributed by atoms with Crippen LogP contribution in [0, 0.1) is 17.0 Å². The third-order valence-corrected chi connectivity index (χ3v) is 3.46. The van der Waals surface area contributed by atoms with E-state index in [0.29, 0.717) is 23.7 Å². The maximum atomic E-state index is 12.1. The maximum Gasteiger partial charge on any atom is 0.270 e. The molecule has 1 atom stereocenters. The van der Waals surface area contributed by atoms with E-state index in [1.54, 1.807) is 13.0 Å². The van der Waals surface area contributed by atoms with Crippen molar-refractivity contribution in [1.82, 2.24) is 10.6 Å². The molecule has 0 radical (unpaired) electrons. The summed E-state index contributed by atoms with van der Waals surface area (Å²) in [6.07, 6.45) is 3.40. The summed E-state index contributed by atoms with van der Waals surface area (Å²) in [4.78, 5) is 22.4. The highest BCUT2D eigenvalue weighted by molar-refractivity contribution is 5.95. The fourth-order valence-corrected chi connectivity index (χ4v) is 2.42. The Labute approximate surface area is 117 Å². The second-order valence-electron chi connectivity index (χ2n) is 5.17. The van der Waals surface area contributed by atoms with Gasteiger partial charge in [0, 0.05) is 30.3 Å². The molecule has 1 fully saturated rings. The van der Waals surface area contributed by atoms with Gasteiger partial charge in [-0.3, -0.25) is 14.9 Å². The molecule has 1 saturated heterocycles.